The van der Waals surface area contributed by atoms with Crippen LogP contribution >= 0.6 is 11.3 Å². The van der Waals surface area contributed by atoms with Gasteiger partial charge in [0.25, 0.3) is 9.04 Å². The lowest BCUT2D eigenvalue weighted by Crippen LogP contribution is -2.31. The van der Waals surface area contributed by atoms with Crippen LogP contribution in [-0.2, 0) is 22.4 Å². The molecule has 1 aromatic heterocycles. The average Bonchev–Trinajstić information content (AvgIpc) is 3.39. The summed E-state index contributed by atoms with van der Waals surface area (Å²) in [7, 11) is 0.676. The third-order valence-electron chi connectivity index (χ3n) is 6.49. The number of hydrogen-bond donors (Lipinski definition) is 0. The molecule has 0 N–H and O–H groups in total. The molecule has 4 aromatic rings. The number of ether oxygens (including phenoxy) is 2. The van der Waals surface area contributed by atoms with Crippen molar-refractivity contribution in [3.63, 3.8) is 0 Å². The second-order valence-corrected chi connectivity index (χ2v) is 13.2. The summed E-state index contributed by atoms with van der Waals surface area (Å²) in [6.07, 6.45) is 2.56. The minimum atomic E-state index is -1.09. The van der Waals surface area contributed by atoms with Crippen LogP contribution < -0.4 is 9.16 Å². The van der Waals surface area contributed by atoms with Crippen LogP contribution in [0.25, 0.3) is 10.8 Å². The van der Waals surface area contributed by atoms with Gasteiger partial charge in [0.05, 0.1) is 0 Å². The second-order valence-electron chi connectivity index (χ2n) is 10.3. The summed E-state index contributed by atoms with van der Waals surface area (Å²) in [5.74, 6) is 1.52. The first-order chi connectivity index (χ1) is 17.2. The third kappa shape index (κ3) is 5.36. The van der Waals surface area contributed by atoms with Crippen LogP contribution in [0.5, 0.6) is 11.5 Å². The highest BCUT2D eigenvalue weighted by Crippen LogP contribution is 2.48. The van der Waals surface area contributed by atoms with Crippen LogP contribution in [0.15, 0.2) is 66.2 Å². The van der Waals surface area contributed by atoms with Gasteiger partial charge in [-0.2, -0.15) is 0 Å². The fraction of sp³-hybridized carbons (Fsp3) is 0.367. The zero-order valence-electron chi connectivity index (χ0n) is 22.3. The second kappa shape index (κ2) is 10.7. The van der Waals surface area contributed by atoms with Gasteiger partial charge >= 0.3 is 0 Å². The van der Waals surface area contributed by atoms with E-state index < -0.39 is 14.6 Å². The van der Waals surface area contributed by atoms with Gasteiger partial charge in [0.15, 0.2) is 11.5 Å². The standard InChI is InChI=1S/C30H36NO3SSi/c1-8-30(32-5,28-31-15-16-35-28)25-18-24(29(2,3)4)19-26(27(25)34-36(6)7)33-20-21-13-14-22-11-9-10-12-23(22)17-21/h9-19H,8,20H2,1-7H3. The van der Waals surface area contributed by atoms with Crippen molar-refractivity contribution in [1.82, 2.24) is 4.98 Å². The highest BCUT2D eigenvalue weighted by atomic mass is 32.1. The molecule has 4 rings (SSSR count). The first kappa shape index (κ1) is 26.4. The largest absolute Gasteiger partial charge is 0.540 e. The van der Waals surface area contributed by atoms with Crippen molar-refractivity contribution in [3.8, 4) is 11.5 Å². The van der Waals surface area contributed by atoms with Gasteiger partial charge in [-0.05, 0) is 65.0 Å². The molecule has 3 aromatic carbocycles. The van der Waals surface area contributed by atoms with Gasteiger partial charge in [-0.15, -0.1) is 11.3 Å². The van der Waals surface area contributed by atoms with E-state index in [-0.39, 0.29) is 5.41 Å². The molecule has 0 amide bonds. The lowest BCUT2D eigenvalue weighted by molar-refractivity contribution is 0.0168. The summed E-state index contributed by atoms with van der Waals surface area (Å²) >= 11 is 1.61. The van der Waals surface area contributed by atoms with E-state index in [2.05, 4.69) is 100 Å². The van der Waals surface area contributed by atoms with Crippen LogP contribution in [0.4, 0.5) is 0 Å². The van der Waals surface area contributed by atoms with Crippen molar-refractivity contribution in [1.29, 1.82) is 0 Å². The summed E-state index contributed by atoms with van der Waals surface area (Å²) in [5.41, 5.74) is 2.47. The molecule has 1 unspecified atom stereocenters. The highest BCUT2D eigenvalue weighted by Gasteiger charge is 2.40. The van der Waals surface area contributed by atoms with E-state index in [0.29, 0.717) is 6.61 Å². The molecule has 4 nitrogen and oxygen atoms in total. The molecule has 0 saturated heterocycles. The monoisotopic (exact) mass is 518 g/mol. The Bertz CT molecular complexity index is 1310. The molecule has 36 heavy (non-hydrogen) atoms. The molecule has 1 radical (unpaired) electrons. The molecular weight excluding hydrogens is 482 g/mol. The third-order valence-corrected chi connectivity index (χ3v) is 8.02. The molecule has 0 aliphatic carbocycles. The normalized spacial score (nSPS) is 13.7. The maximum Gasteiger partial charge on any atom is 0.274 e. The van der Waals surface area contributed by atoms with E-state index in [1.54, 1.807) is 18.4 Å². The maximum absolute atomic E-state index is 6.58. The summed E-state index contributed by atoms with van der Waals surface area (Å²) < 4.78 is 19.5. The van der Waals surface area contributed by atoms with E-state index in [9.17, 15) is 0 Å². The van der Waals surface area contributed by atoms with E-state index >= 15 is 0 Å². The van der Waals surface area contributed by atoms with Crippen molar-refractivity contribution < 1.29 is 13.9 Å². The predicted octanol–water partition coefficient (Wildman–Crippen LogP) is 8.10. The molecule has 1 atom stereocenters. The number of aromatic nitrogens is 1. The van der Waals surface area contributed by atoms with Gasteiger partial charge in [0, 0.05) is 24.3 Å². The quantitative estimate of drug-likeness (QED) is 0.210. The van der Waals surface area contributed by atoms with Crippen molar-refractivity contribution in [3.05, 3.63) is 87.9 Å². The first-order valence-corrected chi connectivity index (χ1v) is 15.7. The number of fused-ring (bicyclic) bond motifs is 1. The minimum Gasteiger partial charge on any atom is -0.540 e. The molecule has 0 spiro atoms. The van der Waals surface area contributed by atoms with E-state index in [0.717, 1.165) is 34.1 Å². The number of rotatable bonds is 9. The Labute approximate surface area is 221 Å². The summed E-state index contributed by atoms with van der Waals surface area (Å²) in [4.78, 5) is 4.68. The van der Waals surface area contributed by atoms with Crippen LogP contribution in [0.1, 0.15) is 55.8 Å². The SMILES string of the molecule is CCC(OC)(c1nccs1)c1cc(C(C)(C)C)cc(OCc2ccc3ccccc3c2)c1O[Si](C)C. The van der Waals surface area contributed by atoms with Crippen LogP contribution in [0.2, 0.25) is 13.1 Å². The fourth-order valence-corrected chi connectivity index (χ4v) is 5.98. The zero-order valence-corrected chi connectivity index (χ0v) is 24.2. The lowest BCUT2D eigenvalue weighted by Gasteiger charge is -2.34. The van der Waals surface area contributed by atoms with Crippen LogP contribution in [0.3, 0.4) is 0 Å². The van der Waals surface area contributed by atoms with Crippen LogP contribution in [-0.4, -0.2) is 21.1 Å². The Hall–Kier alpha value is -2.67. The van der Waals surface area contributed by atoms with Crippen molar-refractivity contribution in [2.75, 3.05) is 7.11 Å². The van der Waals surface area contributed by atoms with Gasteiger partial charge in [0.1, 0.15) is 17.2 Å². The van der Waals surface area contributed by atoms with E-state index in [1.165, 1.54) is 16.3 Å². The fourth-order valence-electron chi connectivity index (χ4n) is 4.46. The highest BCUT2D eigenvalue weighted by molar-refractivity contribution is 7.09. The number of benzene rings is 3. The number of nitrogens with zero attached hydrogens (tertiary/aromatic N) is 1. The number of thiazole rings is 1. The first-order valence-electron chi connectivity index (χ1n) is 12.4. The van der Waals surface area contributed by atoms with Crippen molar-refractivity contribution in [2.45, 2.75) is 64.8 Å². The summed E-state index contributed by atoms with van der Waals surface area (Å²) in [6, 6.07) is 19.2. The Balaban J connectivity index is 1.86. The van der Waals surface area contributed by atoms with Crippen LogP contribution in [0, 0.1) is 0 Å². The summed E-state index contributed by atoms with van der Waals surface area (Å²) in [6.45, 7) is 13.5. The molecule has 0 aliphatic rings. The molecule has 0 fully saturated rings. The van der Waals surface area contributed by atoms with Gasteiger partial charge < -0.3 is 13.9 Å². The Morgan fingerprint density at radius 1 is 0.972 bits per heavy atom. The zero-order chi connectivity index (χ0) is 25.9. The van der Waals surface area contributed by atoms with Crippen molar-refractivity contribution in [2.24, 2.45) is 0 Å². The van der Waals surface area contributed by atoms with Gasteiger partial charge in [-0.25, -0.2) is 4.98 Å². The molecular formula is C30H36NO3SSi. The Morgan fingerprint density at radius 3 is 2.33 bits per heavy atom. The Kier molecular flexibility index (Phi) is 7.88. The van der Waals surface area contributed by atoms with Gasteiger partial charge in [0.2, 0.25) is 0 Å². The van der Waals surface area contributed by atoms with Gasteiger partial charge in [-0.1, -0.05) is 64.1 Å². The molecule has 0 bridgehead atoms. The molecule has 0 aliphatic heterocycles. The number of methoxy groups -OCH3 is 1. The lowest BCUT2D eigenvalue weighted by atomic mass is 9.81. The smallest absolute Gasteiger partial charge is 0.274 e. The van der Waals surface area contributed by atoms with E-state index in [4.69, 9.17) is 13.9 Å². The molecule has 6 heteroatoms. The van der Waals surface area contributed by atoms with Crippen molar-refractivity contribution >= 4 is 31.1 Å². The average molecular weight is 519 g/mol. The summed E-state index contributed by atoms with van der Waals surface area (Å²) in [5, 5.41) is 5.35. The molecule has 1 heterocycles. The van der Waals surface area contributed by atoms with Gasteiger partial charge in [-0.3, -0.25) is 0 Å². The predicted molar refractivity (Wildman–Crippen MR) is 152 cm³/mol. The maximum atomic E-state index is 6.58. The number of hydrogen-bond acceptors (Lipinski definition) is 5. The molecule has 0 saturated carbocycles. The molecule has 189 valence electrons. The topological polar surface area (TPSA) is 40.6 Å². The minimum absolute atomic E-state index is 0.0867. The van der Waals surface area contributed by atoms with E-state index in [1.807, 2.05) is 11.6 Å². The Morgan fingerprint density at radius 2 is 1.72 bits per heavy atom.